The number of hydrogen-bond acceptors (Lipinski definition) is 5. The van der Waals surface area contributed by atoms with E-state index in [2.05, 4.69) is 49.4 Å². The molecule has 0 unspecified atom stereocenters. The van der Waals surface area contributed by atoms with Crippen LogP contribution in [0.2, 0.25) is 0 Å². The summed E-state index contributed by atoms with van der Waals surface area (Å²) in [6.07, 6.45) is 1.66. The number of aromatic nitrogens is 4. The number of benzene rings is 2. The molecule has 0 bridgehead atoms. The standard InChI is InChI=1S/C19H15BrN6/c1-11-13(9-21)4-3-5-15(11)12(2)23-18-16-8-14(20)6-7-17(16)26-10-22-25-19(26)24-18/h3-8,10,12H,1-2H3,(H,23,24,25)/t12-/m1/s1. The zero-order chi connectivity index (χ0) is 18.3. The van der Waals surface area contributed by atoms with E-state index in [4.69, 9.17) is 0 Å². The van der Waals surface area contributed by atoms with E-state index in [1.807, 2.05) is 47.7 Å². The maximum atomic E-state index is 9.28. The number of nitrogens with one attached hydrogen (secondary N) is 1. The van der Waals surface area contributed by atoms with E-state index < -0.39 is 0 Å². The highest BCUT2D eigenvalue weighted by molar-refractivity contribution is 9.10. The SMILES string of the molecule is Cc1c(C#N)cccc1[C@@H](C)Nc1nc2nncn2c2ccc(Br)cc12. The third-order valence-corrected chi connectivity index (χ3v) is 5.02. The Kier molecular flexibility index (Phi) is 4.05. The van der Waals surface area contributed by atoms with Crippen LogP contribution in [0.1, 0.15) is 29.7 Å². The second-order valence-corrected chi connectivity index (χ2v) is 7.04. The lowest BCUT2D eigenvalue weighted by Gasteiger charge is -2.19. The van der Waals surface area contributed by atoms with Crippen LogP contribution >= 0.6 is 15.9 Å². The molecule has 0 aliphatic heterocycles. The highest BCUT2D eigenvalue weighted by atomic mass is 79.9. The summed E-state index contributed by atoms with van der Waals surface area (Å²) >= 11 is 3.53. The molecule has 2 heterocycles. The van der Waals surface area contributed by atoms with Crippen LogP contribution in [0.25, 0.3) is 16.7 Å². The summed E-state index contributed by atoms with van der Waals surface area (Å²) in [6.45, 7) is 4.03. The largest absolute Gasteiger partial charge is 0.363 e. The molecule has 7 heteroatoms. The number of halogens is 1. The first-order valence-electron chi connectivity index (χ1n) is 8.13. The van der Waals surface area contributed by atoms with Crippen molar-refractivity contribution in [2.45, 2.75) is 19.9 Å². The van der Waals surface area contributed by atoms with E-state index in [1.165, 1.54) is 0 Å². The Morgan fingerprint density at radius 2 is 2.12 bits per heavy atom. The highest BCUT2D eigenvalue weighted by Crippen LogP contribution is 2.30. The van der Waals surface area contributed by atoms with Gasteiger partial charge in [0.25, 0.3) is 5.78 Å². The number of anilines is 1. The van der Waals surface area contributed by atoms with Crippen molar-refractivity contribution in [3.05, 3.63) is 63.9 Å². The molecule has 0 saturated carbocycles. The Balaban J connectivity index is 1.84. The van der Waals surface area contributed by atoms with Gasteiger partial charge in [0.05, 0.1) is 23.2 Å². The minimum absolute atomic E-state index is 0.0247. The summed E-state index contributed by atoms with van der Waals surface area (Å²) in [7, 11) is 0. The third kappa shape index (κ3) is 2.68. The monoisotopic (exact) mass is 406 g/mol. The number of rotatable bonds is 3. The number of nitrogens with zero attached hydrogens (tertiary/aromatic N) is 5. The van der Waals surface area contributed by atoms with Crippen LogP contribution < -0.4 is 5.32 Å². The lowest BCUT2D eigenvalue weighted by molar-refractivity contribution is 0.865. The Morgan fingerprint density at radius 1 is 1.27 bits per heavy atom. The van der Waals surface area contributed by atoms with Crippen LogP contribution in [0, 0.1) is 18.3 Å². The summed E-state index contributed by atoms with van der Waals surface area (Å²) in [5.41, 5.74) is 3.70. The van der Waals surface area contributed by atoms with Crippen LogP contribution in [0.4, 0.5) is 5.82 Å². The fourth-order valence-corrected chi connectivity index (χ4v) is 3.54. The van der Waals surface area contributed by atoms with Gasteiger partial charge in [0.15, 0.2) is 0 Å². The molecule has 0 fully saturated rings. The molecule has 2 aromatic heterocycles. The lowest BCUT2D eigenvalue weighted by atomic mass is 9.98. The molecule has 0 spiro atoms. The Labute approximate surface area is 158 Å². The molecule has 0 aliphatic carbocycles. The van der Waals surface area contributed by atoms with Crippen molar-refractivity contribution in [1.29, 1.82) is 5.26 Å². The summed E-state index contributed by atoms with van der Waals surface area (Å²) in [4.78, 5) is 4.63. The van der Waals surface area contributed by atoms with E-state index in [-0.39, 0.29) is 6.04 Å². The number of hydrogen-bond donors (Lipinski definition) is 1. The zero-order valence-electron chi connectivity index (χ0n) is 14.2. The maximum Gasteiger partial charge on any atom is 0.257 e. The van der Waals surface area contributed by atoms with E-state index in [0.717, 1.165) is 32.3 Å². The molecular formula is C19H15BrN6. The third-order valence-electron chi connectivity index (χ3n) is 4.53. The molecule has 6 nitrogen and oxygen atoms in total. The molecule has 128 valence electrons. The lowest BCUT2D eigenvalue weighted by Crippen LogP contribution is -2.11. The van der Waals surface area contributed by atoms with Crippen molar-refractivity contribution in [2.24, 2.45) is 0 Å². The summed E-state index contributed by atoms with van der Waals surface area (Å²) < 4.78 is 2.83. The van der Waals surface area contributed by atoms with Crippen molar-refractivity contribution in [3.63, 3.8) is 0 Å². The van der Waals surface area contributed by atoms with Crippen LogP contribution in [0.3, 0.4) is 0 Å². The van der Waals surface area contributed by atoms with Crippen molar-refractivity contribution in [3.8, 4) is 6.07 Å². The summed E-state index contributed by atoms with van der Waals surface area (Å²) in [5, 5.41) is 21.8. The van der Waals surface area contributed by atoms with Crippen molar-refractivity contribution < 1.29 is 0 Å². The van der Waals surface area contributed by atoms with E-state index >= 15 is 0 Å². The predicted molar refractivity (Wildman–Crippen MR) is 104 cm³/mol. The van der Waals surface area contributed by atoms with Gasteiger partial charge in [-0.3, -0.25) is 4.40 Å². The smallest absolute Gasteiger partial charge is 0.257 e. The van der Waals surface area contributed by atoms with Crippen molar-refractivity contribution in [1.82, 2.24) is 19.6 Å². The average Bonchev–Trinajstić information content (AvgIpc) is 3.10. The molecule has 1 atom stereocenters. The van der Waals surface area contributed by atoms with Crippen LogP contribution in [0.5, 0.6) is 0 Å². The first-order valence-corrected chi connectivity index (χ1v) is 8.93. The molecule has 1 N–H and O–H groups in total. The fraction of sp³-hybridized carbons (Fsp3) is 0.158. The van der Waals surface area contributed by atoms with Gasteiger partial charge >= 0.3 is 0 Å². The Bertz CT molecular complexity index is 1170. The molecule has 4 rings (SSSR count). The van der Waals surface area contributed by atoms with Gasteiger partial charge in [-0.15, -0.1) is 10.2 Å². The minimum atomic E-state index is -0.0247. The molecular weight excluding hydrogens is 392 g/mol. The molecule has 0 saturated heterocycles. The van der Waals surface area contributed by atoms with Gasteiger partial charge in [0.1, 0.15) is 12.1 Å². The first kappa shape index (κ1) is 16.5. The minimum Gasteiger partial charge on any atom is -0.363 e. The van der Waals surface area contributed by atoms with Crippen LogP contribution in [-0.2, 0) is 0 Å². The average molecular weight is 407 g/mol. The molecule has 0 radical (unpaired) electrons. The van der Waals surface area contributed by atoms with Gasteiger partial charge in [-0.25, -0.2) is 0 Å². The fourth-order valence-electron chi connectivity index (χ4n) is 3.18. The second kappa shape index (κ2) is 6.39. The van der Waals surface area contributed by atoms with E-state index in [0.29, 0.717) is 11.3 Å². The Hall–Kier alpha value is -2.98. The molecule has 2 aromatic carbocycles. The molecule has 4 aromatic rings. The zero-order valence-corrected chi connectivity index (χ0v) is 15.8. The molecule has 0 amide bonds. The van der Waals surface area contributed by atoms with Gasteiger partial charge in [-0.1, -0.05) is 28.1 Å². The van der Waals surface area contributed by atoms with Gasteiger partial charge in [-0.05, 0) is 49.2 Å². The Morgan fingerprint density at radius 3 is 2.92 bits per heavy atom. The van der Waals surface area contributed by atoms with Gasteiger partial charge < -0.3 is 5.32 Å². The van der Waals surface area contributed by atoms with Crippen molar-refractivity contribution in [2.75, 3.05) is 5.32 Å². The first-order chi connectivity index (χ1) is 12.6. The summed E-state index contributed by atoms with van der Waals surface area (Å²) in [5.74, 6) is 1.27. The van der Waals surface area contributed by atoms with E-state index in [9.17, 15) is 5.26 Å². The molecule has 0 aliphatic rings. The number of nitriles is 1. The van der Waals surface area contributed by atoms with Gasteiger partial charge in [-0.2, -0.15) is 10.2 Å². The number of fused-ring (bicyclic) bond motifs is 3. The summed E-state index contributed by atoms with van der Waals surface area (Å²) in [6, 6.07) is 14.0. The quantitative estimate of drug-likeness (QED) is 0.545. The molecule has 26 heavy (non-hydrogen) atoms. The van der Waals surface area contributed by atoms with Gasteiger partial charge in [0.2, 0.25) is 0 Å². The second-order valence-electron chi connectivity index (χ2n) is 6.12. The highest BCUT2D eigenvalue weighted by Gasteiger charge is 2.15. The van der Waals surface area contributed by atoms with Crippen LogP contribution in [0.15, 0.2) is 47.2 Å². The topological polar surface area (TPSA) is 78.9 Å². The van der Waals surface area contributed by atoms with Crippen molar-refractivity contribution >= 4 is 38.4 Å². The predicted octanol–water partition coefficient (Wildman–Crippen LogP) is 4.39. The van der Waals surface area contributed by atoms with Gasteiger partial charge in [0, 0.05) is 9.86 Å². The van der Waals surface area contributed by atoms with Crippen LogP contribution in [-0.4, -0.2) is 19.6 Å². The normalized spacial score (nSPS) is 12.2. The van der Waals surface area contributed by atoms with E-state index in [1.54, 1.807) is 6.33 Å². The maximum absolute atomic E-state index is 9.28.